The van der Waals surface area contributed by atoms with E-state index in [9.17, 15) is 4.79 Å². The van der Waals surface area contributed by atoms with Gasteiger partial charge in [-0.3, -0.25) is 4.79 Å². The Morgan fingerprint density at radius 1 is 1.14 bits per heavy atom. The number of amides is 1. The minimum Gasteiger partial charge on any atom is -0.370 e. The summed E-state index contributed by atoms with van der Waals surface area (Å²) in [7, 11) is 0. The maximum atomic E-state index is 12.6. The monoisotopic (exact) mass is 394 g/mol. The predicted octanol–water partition coefficient (Wildman–Crippen LogP) is 4.75. The molecule has 0 unspecified atom stereocenters. The zero-order chi connectivity index (χ0) is 19.5. The number of hydrogen-bond donors (Lipinski definition) is 1. The smallest absolute Gasteiger partial charge is 0.255 e. The molecule has 0 bridgehead atoms. The molecule has 2 heterocycles. The number of anilines is 2. The lowest BCUT2D eigenvalue weighted by atomic mass is 10.1. The minimum atomic E-state index is -0.143. The molecular formula is C22H23ClN4O. The zero-order valence-corrected chi connectivity index (χ0v) is 16.6. The van der Waals surface area contributed by atoms with Crippen LogP contribution in [0.3, 0.4) is 0 Å². The number of rotatable bonds is 5. The largest absolute Gasteiger partial charge is 0.370 e. The molecule has 1 aromatic heterocycles. The molecule has 0 saturated carbocycles. The summed E-state index contributed by atoms with van der Waals surface area (Å²) in [6.07, 6.45) is 6.14. The van der Waals surface area contributed by atoms with E-state index in [1.165, 1.54) is 12.8 Å². The van der Waals surface area contributed by atoms with Gasteiger partial charge in [-0.2, -0.15) is 0 Å². The second-order valence-corrected chi connectivity index (χ2v) is 7.52. The molecule has 1 N–H and O–H groups in total. The van der Waals surface area contributed by atoms with Gasteiger partial charge in [0.25, 0.3) is 5.91 Å². The second-order valence-electron chi connectivity index (χ2n) is 7.11. The van der Waals surface area contributed by atoms with E-state index < -0.39 is 0 Å². The Morgan fingerprint density at radius 2 is 1.89 bits per heavy atom. The standard InChI is InChI=1S/C22H23ClN4O/c1-16-24-10-13-27(16)15-17-4-6-18(7-5-17)22(28)25-19-8-9-21(20(23)14-19)26-11-2-3-12-26/h4-10,13-14H,2-3,11-12,15H2,1H3,(H,25,28). The molecule has 144 valence electrons. The third-order valence-corrected chi connectivity index (χ3v) is 5.45. The molecule has 0 spiro atoms. The average molecular weight is 395 g/mol. The van der Waals surface area contributed by atoms with Crippen molar-refractivity contribution in [3.63, 3.8) is 0 Å². The molecule has 1 aliphatic heterocycles. The maximum Gasteiger partial charge on any atom is 0.255 e. The molecule has 3 aromatic rings. The first kappa shape index (κ1) is 18.6. The Bertz CT molecular complexity index is 974. The van der Waals surface area contributed by atoms with Crippen molar-refractivity contribution in [1.29, 1.82) is 0 Å². The number of aromatic nitrogens is 2. The van der Waals surface area contributed by atoms with Crippen molar-refractivity contribution in [3.05, 3.63) is 76.8 Å². The van der Waals surface area contributed by atoms with Gasteiger partial charge >= 0.3 is 0 Å². The number of nitrogens with zero attached hydrogens (tertiary/aromatic N) is 3. The highest BCUT2D eigenvalue weighted by molar-refractivity contribution is 6.33. The molecule has 2 aromatic carbocycles. The average Bonchev–Trinajstić information content (AvgIpc) is 3.35. The summed E-state index contributed by atoms with van der Waals surface area (Å²) < 4.78 is 2.07. The lowest BCUT2D eigenvalue weighted by Gasteiger charge is -2.19. The van der Waals surface area contributed by atoms with Crippen LogP contribution in [0.15, 0.2) is 54.9 Å². The molecule has 5 nitrogen and oxygen atoms in total. The summed E-state index contributed by atoms with van der Waals surface area (Å²) in [5, 5.41) is 3.61. The molecule has 0 radical (unpaired) electrons. The molecule has 1 aliphatic rings. The molecule has 4 rings (SSSR count). The zero-order valence-electron chi connectivity index (χ0n) is 15.9. The topological polar surface area (TPSA) is 50.2 Å². The van der Waals surface area contributed by atoms with E-state index >= 15 is 0 Å². The number of imidazole rings is 1. The summed E-state index contributed by atoms with van der Waals surface area (Å²) in [6, 6.07) is 13.3. The first-order chi connectivity index (χ1) is 13.6. The van der Waals surface area contributed by atoms with Crippen LogP contribution in [-0.2, 0) is 6.54 Å². The third kappa shape index (κ3) is 4.04. The van der Waals surface area contributed by atoms with Crippen molar-refractivity contribution in [3.8, 4) is 0 Å². The van der Waals surface area contributed by atoms with Gasteiger partial charge in [0.2, 0.25) is 0 Å². The van der Waals surface area contributed by atoms with Gasteiger partial charge in [-0.15, -0.1) is 0 Å². The molecular weight excluding hydrogens is 372 g/mol. The SMILES string of the molecule is Cc1nccn1Cc1ccc(C(=O)Nc2ccc(N3CCCC3)c(Cl)c2)cc1. The van der Waals surface area contributed by atoms with E-state index in [2.05, 4.69) is 19.8 Å². The summed E-state index contributed by atoms with van der Waals surface area (Å²) in [6.45, 7) is 4.79. The van der Waals surface area contributed by atoms with Crippen molar-refractivity contribution in [2.75, 3.05) is 23.3 Å². The van der Waals surface area contributed by atoms with Crippen LogP contribution in [-0.4, -0.2) is 28.5 Å². The quantitative estimate of drug-likeness (QED) is 0.679. The summed E-state index contributed by atoms with van der Waals surface area (Å²) in [4.78, 5) is 19.1. The highest BCUT2D eigenvalue weighted by Gasteiger charge is 2.16. The van der Waals surface area contributed by atoms with Gasteiger partial charge in [0.15, 0.2) is 0 Å². The third-order valence-electron chi connectivity index (χ3n) is 5.14. The van der Waals surface area contributed by atoms with Gasteiger partial charge in [0, 0.05) is 43.3 Å². The van der Waals surface area contributed by atoms with Crippen LogP contribution in [0.2, 0.25) is 5.02 Å². The number of carbonyl (C=O) groups excluding carboxylic acids is 1. The second kappa shape index (κ2) is 8.07. The lowest BCUT2D eigenvalue weighted by molar-refractivity contribution is 0.102. The van der Waals surface area contributed by atoms with Crippen LogP contribution in [0.1, 0.15) is 34.6 Å². The number of hydrogen-bond acceptors (Lipinski definition) is 3. The Labute approximate surface area is 170 Å². The maximum absolute atomic E-state index is 12.6. The van der Waals surface area contributed by atoms with E-state index in [0.29, 0.717) is 16.3 Å². The van der Waals surface area contributed by atoms with Gasteiger partial charge in [-0.05, 0) is 55.7 Å². The fourth-order valence-electron chi connectivity index (χ4n) is 3.53. The van der Waals surface area contributed by atoms with Gasteiger partial charge in [-0.1, -0.05) is 23.7 Å². The van der Waals surface area contributed by atoms with E-state index in [4.69, 9.17) is 11.6 Å². The highest BCUT2D eigenvalue weighted by atomic mass is 35.5. The van der Waals surface area contributed by atoms with Crippen molar-refractivity contribution in [1.82, 2.24) is 9.55 Å². The molecule has 6 heteroatoms. The highest BCUT2D eigenvalue weighted by Crippen LogP contribution is 2.31. The van der Waals surface area contributed by atoms with Gasteiger partial charge in [0.05, 0.1) is 10.7 Å². The first-order valence-corrected chi connectivity index (χ1v) is 9.90. The molecule has 1 fully saturated rings. The minimum absolute atomic E-state index is 0.143. The fourth-order valence-corrected chi connectivity index (χ4v) is 3.83. The number of halogens is 1. The van der Waals surface area contributed by atoms with Crippen LogP contribution >= 0.6 is 11.6 Å². The van der Waals surface area contributed by atoms with Crippen molar-refractivity contribution in [2.24, 2.45) is 0 Å². The van der Waals surface area contributed by atoms with Crippen LogP contribution in [0.25, 0.3) is 0 Å². The molecule has 1 amide bonds. The summed E-state index contributed by atoms with van der Waals surface area (Å²) in [5.41, 5.74) is 3.48. The first-order valence-electron chi connectivity index (χ1n) is 9.53. The van der Waals surface area contributed by atoms with Crippen molar-refractivity contribution >= 4 is 28.9 Å². The normalized spacial score (nSPS) is 13.7. The van der Waals surface area contributed by atoms with Crippen LogP contribution in [0.5, 0.6) is 0 Å². The Kier molecular flexibility index (Phi) is 5.35. The van der Waals surface area contributed by atoms with E-state index in [0.717, 1.165) is 36.7 Å². The number of aryl methyl sites for hydroxylation is 1. The molecule has 28 heavy (non-hydrogen) atoms. The fraction of sp³-hybridized carbons (Fsp3) is 0.273. The van der Waals surface area contributed by atoms with E-state index in [-0.39, 0.29) is 5.91 Å². The van der Waals surface area contributed by atoms with E-state index in [1.807, 2.05) is 55.6 Å². The summed E-state index contributed by atoms with van der Waals surface area (Å²) >= 11 is 6.44. The van der Waals surface area contributed by atoms with Gasteiger partial charge < -0.3 is 14.8 Å². The number of benzene rings is 2. The van der Waals surface area contributed by atoms with Crippen LogP contribution < -0.4 is 10.2 Å². The Balaban J connectivity index is 1.42. The van der Waals surface area contributed by atoms with Gasteiger partial charge in [-0.25, -0.2) is 4.98 Å². The van der Waals surface area contributed by atoms with Gasteiger partial charge in [0.1, 0.15) is 5.82 Å². The van der Waals surface area contributed by atoms with Crippen molar-refractivity contribution < 1.29 is 4.79 Å². The molecule has 0 atom stereocenters. The molecule has 0 aliphatic carbocycles. The predicted molar refractivity (Wildman–Crippen MR) is 113 cm³/mol. The lowest BCUT2D eigenvalue weighted by Crippen LogP contribution is -2.18. The number of carbonyl (C=O) groups is 1. The van der Waals surface area contributed by atoms with E-state index in [1.54, 1.807) is 6.20 Å². The van der Waals surface area contributed by atoms with Crippen molar-refractivity contribution in [2.45, 2.75) is 26.3 Å². The molecule has 1 saturated heterocycles. The van der Waals surface area contributed by atoms with Crippen LogP contribution in [0.4, 0.5) is 11.4 Å². The number of nitrogens with one attached hydrogen (secondary N) is 1. The van der Waals surface area contributed by atoms with Crippen LogP contribution in [0, 0.1) is 6.92 Å². The summed E-state index contributed by atoms with van der Waals surface area (Å²) in [5.74, 6) is 0.825. The Morgan fingerprint density at radius 3 is 2.54 bits per heavy atom. The Hall–Kier alpha value is -2.79.